The van der Waals surface area contributed by atoms with Crippen molar-refractivity contribution >= 4 is 23.2 Å². The van der Waals surface area contributed by atoms with Crippen molar-refractivity contribution in [1.29, 1.82) is 0 Å². The van der Waals surface area contributed by atoms with E-state index < -0.39 is 0 Å². The largest absolute Gasteiger partial charge is 0.484 e. The minimum Gasteiger partial charge on any atom is -0.484 e. The molecule has 0 N–H and O–H groups in total. The normalized spacial score (nSPS) is 9.77. The van der Waals surface area contributed by atoms with Crippen LogP contribution in [0.1, 0.15) is 0 Å². The zero-order valence-corrected chi connectivity index (χ0v) is 8.34. The molecule has 0 fully saturated rings. The molecule has 0 amide bonds. The minimum atomic E-state index is 0.108. The van der Waals surface area contributed by atoms with Crippen LogP contribution in [0.2, 0.25) is 5.15 Å². The van der Waals surface area contributed by atoms with E-state index in [9.17, 15) is 0 Å². The zero-order chi connectivity index (χ0) is 9.68. The van der Waals surface area contributed by atoms with Gasteiger partial charge in [0.05, 0.1) is 13.0 Å². The number of nitrogens with zero attached hydrogens (tertiary/aromatic N) is 3. The zero-order valence-electron chi connectivity index (χ0n) is 6.83. The molecule has 0 saturated carbocycles. The molecular formula is C6H7Cl2N3O2. The predicted octanol–water partition coefficient (Wildman–Crippen LogP) is 1.15. The van der Waals surface area contributed by atoms with Gasteiger partial charge in [0.25, 0.3) is 5.88 Å². The van der Waals surface area contributed by atoms with Crippen LogP contribution >= 0.6 is 23.2 Å². The maximum absolute atomic E-state index is 5.68. The number of rotatable bonds is 4. The molecule has 7 heteroatoms. The monoisotopic (exact) mass is 223 g/mol. The van der Waals surface area contributed by atoms with Crippen LogP contribution < -0.4 is 9.47 Å². The second kappa shape index (κ2) is 5.04. The smallest absolute Gasteiger partial charge is 0.281 e. The summed E-state index contributed by atoms with van der Waals surface area (Å²) in [5, 5.41) is 10.5. The van der Waals surface area contributed by atoms with Gasteiger partial charge in [-0.15, -0.1) is 16.7 Å². The molecule has 0 spiro atoms. The maximum atomic E-state index is 5.68. The molecule has 1 aromatic heterocycles. The summed E-state index contributed by atoms with van der Waals surface area (Å²) < 4.78 is 10.0. The molecule has 0 aliphatic carbocycles. The van der Waals surface area contributed by atoms with E-state index in [4.69, 9.17) is 32.7 Å². The van der Waals surface area contributed by atoms with Gasteiger partial charge in [-0.3, -0.25) is 0 Å². The average Bonchev–Trinajstić information content (AvgIpc) is 2.15. The molecule has 13 heavy (non-hydrogen) atoms. The molecule has 0 atom stereocenters. The number of hydrogen-bond acceptors (Lipinski definition) is 5. The number of hydrogen-bond donors (Lipinski definition) is 0. The van der Waals surface area contributed by atoms with E-state index in [2.05, 4.69) is 15.4 Å². The van der Waals surface area contributed by atoms with E-state index in [1.807, 2.05) is 0 Å². The Hall–Kier alpha value is -0.810. The second-order valence-electron chi connectivity index (χ2n) is 1.96. The van der Waals surface area contributed by atoms with Crippen LogP contribution in [-0.2, 0) is 0 Å². The van der Waals surface area contributed by atoms with Crippen LogP contribution in [-0.4, -0.2) is 35.0 Å². The quantitative estimate of drug-likeness (QED) is 0.718. The van der Waals surface area contributed by atoms with Crippen molar-refractivity contribution in [2.75, 3.05) is 19.6 Å². The first kappa shape index (κ1) is 10.3. The van der Waals surface area contributed by atoms with Gasteiger partial charge in [-0.25, -0.2) is 0 Å². The molecule has 0 unspecified atom stereocenters. The first-order valence-corrected chi connectivity index (χ1v) is 4.32. The van der Waals surface area contributed by atoms with Crippen molar-refractivity contribution in [3.8, 4) is 11.6 Å². The molecule has 1 rings (SSSR count). The number of aromatic nitrogens is 3. The van der Waals surface area contributed by atoms with Gasteiger partial charge in [-0.05, 0) is 5.21 Å². The van der Waals surface area contributed by atoms with Crippen molar-refractivity contribution in [2.24, 2.45) is 0 Å². The summed E-state index contributed by atoms with van der Waals surface area (Å²) in [5.74, 6) is 0.812. The summed E-state index contributed by atoms with van der Waals surface area (Å²) in [6.45, 7) is 0.311. The number of methoxy groups -OCH3 is 1. The molecular weight excluding hydrogens is 217 g/mol. The number of alkyl halides is 1. The highest BCUT2D eigenvalue weighted by Crippen LogP contribution is 2.29. The van der Waals surface area contributed by atoms with Crippen LogP contribution in [0.5, 0.6) is 11.6 Å². The lowest BCUT2D eigenvalue weighted by atomic mass is 10.6. The third-order valence-corrected chi connectivity index (χ3v) is 1.57. The van der Waals surface area contributed by atoms with E-state index in [1.165, 1.54) is 7.11 Å². The Bertz CT molecular complexity index is 285. The third kappa shape index (κ3) is 2.57. The molecule has 0 aromatic carbocycles. The van der Waals surface area contributed by atoms with E-state index >= 15 is 0 Å². The Balaban J connectivity index is 2.87. The molecule has 0 aliphatic heterocycles. The first-order valence-electron chi connectivity index (χ1n) is 3.41. The standard InChI is InChI=1S/C6H7Cl2N3O2/c1-12-6-4(13-3-2-7)5(8)9-11-10-6/h2-3H2,1H3. The lowest BCUT2D eigenvalue weighted by Crippen LogP contribution is -2.04. The molecule has 0 radical (unpaired) electrons. The van der Waals surface area contributed by atoms with E-state index in [-0.39, 0.29) is 16.8 Å². The molecule has 72 valence electrons. The van der Waals surface area contributed by atoms with Gasteiger partial charge in [-0.1, -0.05) is 16.7 Å². The number of halogens is 2. The van der Waals surface area contributed by atoms with Crippen LogP contribution in [0, 0.1) is 0 Å². The van der Waals surface area contributed by atoms with E-state index in [1.54, 1.807) is 0 Å². The lowest BCUT2D eigenvalue weighted by Gasteiger charge is -2.07. The highest BCUT2D eigenvalue weighted by Gasteiger charge is 2.12. The maximum Gasteiger partial charge on any atom is 0.281 e. The topological polar surface area (TPSA) is 57.1 Å². The fourth-order valence-electron chi connectivity index (χ4n) is 0.677. The fourth-order valence-corrected chi connectivity index (χ4v) is 0.923. The first-order chi connectivity index (χ1) is 6.29. The summed E-state index contributed by atoms with van der Waals surface area (Å²) in [7, 11) is 1.44. The van der Waals surface area contributed by atoms with Gasteiger partial charge in [0.15, 0.2) is 0 Å². The van der Waals surface area contributed by atoms with E-state index in [0.717, 1.165) is 0 Å². The van der Waals surface area contributed by atoms with Crippen molar-refractivity contribution in [3.05, 3.63) is 5.15 Å². The van der Waals surface area contributed by atoms with Crippen molar-refractivity contribution < 1.29 is 9.47 Å². The van der Waals surface area contributed by atoms with Crippen LogP contribution in [0.15, 0.2) is 0 Å². The molecule has 0 aliphatic rings. The van der Waals surface area contributed by atoms with Gasteiger partial charge >= 0.3 is 0 Å². The van der Waals surface area contributed by atoms with E-state index in [0.29, 0.717) is 12.5 Å². The van der Waals surface area contributed by atoms with Crippen molar-refractivity contribution in [3.63, 3.8) is 0 Å². The van der Waals surface area contributed by atoms with Crippen molar-refractivity contribution in [1.82, 2.24) is 15.4 Å². The summed E-state index contributed by atoms with van der Waals surface area (Å²) in [4.78, 5) is 0. The van der Waals surface area contributed by atoms with Gasteiger partial charge in [-0.2, -0.15) is 0 Å². The van der Waals surface area contributed by atoms with Gasteiger partial charge < -0.3 is 9.47 Å². The predicted molar refractivity (Wildman–Crippen MR) is 47.6 cm³/mol. The Morgan fingerprint density at radius 2 is 2.15 bits per heavy atom. The Kier molecular flexibility index (Phi) is 3.98. The molecule has 0 bridgehead atoms. The number of ether oxygens (including phenoxy) is 2. The molecule has 1 aromatic rings. The average molecular weight is 224 g/mol. The van der Waals surface area contributed by atoms with Gasteiger partial charge in [0.2, 0.25) is 10.9 Å². The summed E-state index contributed by atoms with van der Waals surface area (Å²) >= 11 is 11.1. The second-order valence-corrected chi connectivity index (χ2v) is 2.69. The summed E-state index contributed by atoms with van der Waals surface area (Å²) in [6.07, 6.45) is 0. The third-order valence-electron chi connectivity index (χ3n) is 1.17. The van der Waals surface area contributed by atoms with Crippen molar-refractivity contribution in [2.45, 2.75) is 0 Å². The Labute approximate surface area is 85.0 Å². The highest BCUT2D eigenvalue weighted by molar-refractivity contribution is 6.30. The Morgan fingerprint density at radius 3 is 2.77 bits per heavy atom. The Morgan fingerprint density at radius 1 is 1.38 bits per heavy atom. The van der Waals surface area contributed by atoms with Crippen LogP contribution in [0.4, 0.5) is 0 Å². The minimum absolute atomic E-state index is 0.108. The fraction of sp³-hybridized carbons (Fsp3) is 0.500. The summed E-state index contributed by atoms with van der Waals surface area (Å²) in [5.41, 5.74) is 0. The SMILES string of the molecule is COc1nnnc(Cl)c1OCCCl. The lowest BCUT2D eigenvalue weighted by molar-refractivity contribution is 0.299. The summed E-state index contributed by atoms with van der Waals surface area (Å²) in [6, 6.07) is 0. The van der Waals surface area contributed by atoms with Gasteiger partial charge in [0, 0.05) is 0 Å². The molecule has 1 heterocycles. The molecule has 5 nitrogen and oxygen atoms in total. The van der Waals surface area contributed by atoms with Gasteiger partial charge in [0.1, 0.15) is 6.61 Å². The highest BCUT2D eigenvalue weighted by atomic mass is 35.5. The van der Waals surface area contributed by atoms with Crippen LogP contribution in [0.3, 0.4) is 0 Å². The van der Waals surface area contributed by atoms with Crippen LogP contribution in [0.25, 0.3) is 0 Å². The molecule has 0 saturated heterocycles.